The Hall–Kier alpha value is -3.02. The topological polar surface area (TPSA) is 47.6 Å². The number of alkyl halides is 3. The van der Waals surface area contributed by atoms with E-state index in [1.54, 1.807) is 0 Å². The van der Waals surface area contributed by atoms with Gasteiger partial charge in [-0.2, -0.15) is 13.2 Å². The summed E-state index contributed by atoms with van der Waals surface area (Å²) in [4.78, 5) is 16.7. The first-order valence-corrected chi connectivity index (χ1v) is 11.0. The molecule has 3 rings (SSSR count). The number of hydrogen-bond acceptors (Lipinski definition) is 3. The number of benzene rings is 2. The second-order valence-corrected chi connectivity index (χ2v) is 8.07. The average molecular weight is 459 g/mol. The minimum Gasteiger partial charge on any atom is -0.338 e. The number of urea groups is 1. The number of rotatable bonds is 6. The molecule has 2 aromatic rings. The summed E-state index contributed by atoms with van der Waals surface area (Å²) in [6, 6.07) is 15.3. The fourth-order valence-electron chi connectivity index (χ4n) is 3.81. The first-order chi connectivity index (χ1) is 15.8. The van der Waals surface area contributed by atoms with E-state index in [0.29, 0.717) is 12.6 Å². The molecule has 1 atom stereocenters. The van der Waals surface area contributed by atoms with Crippen LogP contribution in [-0.4, -0.2) is 62.1 Å². The van der Waals surface area contributed by atoms with Crippen molar-refractivity contribution < 1.29 is 18.0 Å². The van der Waals surface area contributed by atoms with Crippen LogP contribution < -0.4 is 10.6 Å². The number of carbonyl (C=O) groups is 1. The van der Waals surface area contributed by atoms with Crippen LogP contribution in [0.4, 0.5) is 18.0 Å². The number of hydrogen-bond donors (Lipinski definition) is 2. The van der Waals surface area contributed by atoms with Gasteiger partial charge in [0.05, 0.1) is 12.1 Å². The van der Waals surface area contributed by atoms with Crippen molar-refractivity contribution in [1.82, 2.24) is 20.4 Å². The molecule has 1 aliphatic heterocycles. The van der Waals surface area contributed by atoms with Gasteiger partial charge in [0.15, 0.2) is 0 Å². The Labute approximate surface area is 193 Å². The summed E-state index contributed by atoms with van der Waals surface area (Å²) in [5.41, 5.74) is 0.816. The quantitative estimate of drug-likeness (QED) is 0.512. The Morgan fingerprint density at radius 1 is 1.09 bits per heavy atom. The number of amides is 2. The van der Waals surface area contributed by atoms with Gasteiger partial charge in [0.1, 0.15) is 0 Å². The van der Waals surface area contributed by atoms with E-state index in [0.717, 1.165) is 44.7 Å². The normalized spacial score (nSPS) is 17.2. The van der Waals surface area contributed by atoms with E-state index >= 15 is 0 Å². The minimum absolute atomic E-state index is 0.0522. The highest BCUT2D eigenvalue weighted by Gasteiger charge is 2.30. The largest absolute Gasteiger partial charge is 0.416 e. The Kier molecular flexibility index (Phi) is 8.75. The van der Waals surface area contributed by atoms with Crippen LogP contribution >= 0.6 is 0 Å². The van der Waals surface area contributed by atoms with Crippen molar-refractivity contribution in [3.63, 3.8) is 0 Å². The van der Waals surface area contributed by atoms with Gasteiger partial charge >= 0.3 is 12.2 Å². The second kappa shape index (κ2) is 11.7. The molecule has 0 radical (unpaired) electrons. The van der Waals surface area contributed by atoms with Crippen molar-refractivity contribution in [1.29, 1.82) is 0 Å². The van der Waals surface area contributed by atoms with Gasteiger partial charge < -0.3 is 15.5 Å². The van der Waals surface area contributed by atoms with Crippen molar-refractivity contribution in [2.24, 2.45) is 0 Å². The molecule has 2 aromatic carbocycles. The molecule has 8 heteroatoms. The number of nitrogens with zero attached hydrogens (tertiary/aromatic N) is 2. The molecule has 0 aromatic heterocycles. The zero-order valence-corrected chi connectivity index (χ0v) is 18.7. The maximum Gasteiger partial charge on any atom is 0.416 e. The predicted molar refractivity (Wildman–Crippen MR) is 123 cm³/mol. The summed E-state index contributed by atoms with van der Waals surface area (Å²) >= 11 is 0. The number of piperazine rings is 1. The third-order valence-corrected chi connectivity index (χ3v) is 5.55. The van der Waals surface area contributed by atoms with Crippen LogP contribution in [-0.2, 0) is 6.18 Å². The van der Waals surface area contributed by atoms with Crippen LogP contribution in [0.5, 0.6) is 0 Å². The molecule has 2 amide bonds. The van der Waals surface area contributed by atoms with E-state index in [9.17, 15) is 18.0 Å². The molecular formula is C25H29F3N4O. The van der Waals surface area contributed by atoms with E-state index in [1.807, 2.05) is 6.07 Å². The van der Waals surface area contributed by atoms with Gasteiger partial charge in [-0.3, -0.25) is 4.90 Å². The highest BCUT2D eigenvalue weighted by atomic mass is 19.4. The van der Waals surface area contributed by atoms with E-state index in [-0.39, 0.29) is 18.1 Å². The standard InChI is InChI=1S/C25H29F3N4O/c1-31-16-17-32(23(19-31)21-10-3-2-4-11-21)15-7-14-30-24(33)29-13-6-9-20-8-5-12-22(18-20)25(26,27)28/h2-5,8,10-12,18,23H,7,13-17,19H2,1H3,(H2,29,30,33). The van der Waals surface area contributed by atoms with Crippen LogP contribution in [0.15, 0.2) is 54.6 Å². The highest BCUT2D eigenvalue weighted by Crippen LogP contribution is 2.29. The molecule has 0 spiro atoms. The highest BCUT2D eigenvalue weighted by molar-refractivity contribution is 5.74. The van der Waals surface area contributed by atoms with Crippen molar-refractivity contribution in [2.45, 2.75) is 18.6 Å². The van der Waals surface area contributed by atoms with Crippen LogP contribution in [0.1, 0.15) is 29.2 Å². The van der Waals surface area contributed by atoms with Gasteiger partial charge in [-0.25, -0.2) is 4.79 Å². The van der Waals surface area contributed by atoms with Gasteiger partial charge in [-0.1, -0.05) is 48.2 Å². The van der Waals surface area contributed by atoms with Gasteiger partial charge in [-0.05, 0) is 37.2 Å². The van der Waals surface area contributed by atoms with E-state index in [2.05, 4.69) is 63.6 Å². The molecular weight excluding hydrogens is 429 g/mol. The zero-order valence-electron chi connectivity index (χ0n) is 18.7. The summed E-state index contributed by atoms with van der Waals surface area (Å²) in [6.07, 6.45) is -3.59. The third-order valence-electron chi connectivity index (χ3n) is 5.55. The molecule has 33 heavy (non-hydrogen) atoms. The maximum atomic E-state index is 12.7. The van der Waals surface area contributed by atoms with E-state index in [1.165, 1.54) is 17.7 Å². The van der Waals surface area contributed by atoms with Gasteiger partial charge in [-0.15, -0.1) is 0 Å². The lowest BCUT2D eigenvalue weighted by Crippen LogP contribution is -2.47. The molecule has 176 valence electrons. The van der Waals surface area contributed by atoms with E-state index < -0.39 is 11.7 Å². The molecule has 1 unspecified atom stereocenters. The monoisotopic (exact) mass is 458 g/mol. The number of likely N-dealkylation sites (N-methyl/N-ethyl adjacent to an activating group) is 1. The minimum atomic E-state index is -4.40. The first kappa shape index (κ1) is 24.6. The number of nitrogens with one attached hydrogen (secondary N) is 2. The summed E-state index contributed by atoms with van der Waals surface area (Å²) in [6.45, 7) is 4.43. The molecule has 1 saturated heterocycles. The van der Waals surface area contributed by atoms with Crippen LogP contribution in [0, 0.1) is 11.8 Å². The molecule has 1 heterocycles. The third kappa shape index (κ3) is 7.81. The molecule has 1 fully saturated rings. The first-order valence-electron chi connectivity index (χ1n) is 11.0. The molecule has 0 saturated carbocycles. The van der Waals surface area contributed by atoms with Crippen LogP contribution in [0.3, 0.4) is 0 Å². The smallest absolute Gasteiger partial charge is 0.338 e. The summed E-state index contributed by atoms with van der Waals surface area (Å²) in [7, 11) is 2.13. The van der Waals surface area contributed by atoms with Crippen molar-refractivity contribution >= 4 is 6.03 Å². The molecule has 5 nitrogen and oxygen atoms in total. The maximum absolute atomic E-state index is 12.7. The Bertz CT molecular complexity index is 969. The summed E-state index contributed by atoms with van der Waals surface area (Å²) in [5.74, 6) is 5.32. The SMILES string of the molecule is CN1CCN(CCCNC(=O)NCC#Cc2cccc(C(F)(F)F)c2)C(c2ccccc2)C1. The lowest BCUT2D eigenvalue weighted by atomic mass is 10.0. The molecule has 0 bridgehead atoms. The van der Waals surface area contributed by atoms with Gasteiger partial charge in [0.25, 0.3) is 0 Å². The molecule has 2 N–H and O–H groups in total. The Morgan fingerprint density at radius 3 is 2.64 bits per heavy atom. The van der Waals surface area contributed by atoms with Crippen molar-refractivity contribution in [3.05, 3.63) is 71.3 Å². The summed E-state index contributed by atoms with van der Waals surface area (Å²) < 4.78 is 38.2. The predicted octanol–water partition coefficient (Wildman–Crippen LogP) is 3.73. The molecule has 0 aliphatic carbocycles. The van der Waals surface area contributed by atoms with Gasteiger partial charge in [0, 0.05) is 44.3 Å². The fraction of sp³-hybridized carbons (Fsp3) is 0.400. The zero-order chi connectivity index (χ0) is 23.7. The second-order valence-electron chi connectivity index (χ2n) is 8.07. The number of carbonyl (C=O) groups excluding carboxylic acids is 1. The van der Waals surface area contributed by atoms with E-state index in [4.69, 9.17) is 0 Å². The van der Waals surface area contributed by atoms with Gasteiger partial charge in [0.2, 0.25) is 0 Å². The molecule has 1 aliphatic rings. The van der Waals surface area contributed by atoms with Crippen molar-refractivity contribution in [3.8, 4) is 11.8 Å². The fourth-order valence-corrected chi connectivity index (χ4v) is 3.81. The average Bonchev–Trinajstić information content (AvgIpc) is 2.80. The summed E-state index contributed by atoms with van der Waals surface area (Å²) in [5, 5.41) is 5.42. The van der Waals surface area contributed by atoms with Crippen LogP contribution in [0.2, 0.25) is 0 Å². The Balaban J connectivity index is 1.38. The van der Waals surface area contributed by atoms with Crippen LogP contribution in [0.25, 0.3) is 0 Å². The Morgan fingerprint density at radius 2 is 1.88 bits per heavy atom. The van der Waals surface area contributed by atoms with Crippen molar-refractivity contribution in [2.75, 3.05) is 46.3 Å². The lowest BCUT2D eigenvalue weighted by Gasteiger charge is -2.40. The number of halogens is 3. The lowest BCUT2D eigenvalue weighted by molar-refractivity contribution is -0.137.